The number of amides is 4. The van der Waals surface area contributed by atoms with E-state index in [-0.39, 0.29) is 31.6 Å². The summed E-state index contributed by atoms with van der Waals surface area (Å²) >= 11 is 1.53. The number of rotatable bonds is 17. The first-order valence-corrected chi connectivity index (χ1v) is 13.0. The molecule has 0 bridgehead atoms. The average Bonchev–Trinajstić information content (AvgIpc) is 3.31. The Kier molecular flexibility index (Phi) is 13.5. The number of hydrogen-bond donors (Lipinski definition) is 7. The van der Waals surface area contributed by atoms with Crippen molar-refractivity contribution < 1.29 is 29.1 Å². The van der Waals surface area contributed by atoms with Crippen molar-refractivity contribution in [2.24, 2.45) is 17.4 Å². The zero-order valence-corrected chi connectivity index (χ0v) is 21.6. The maximum Gasteiger partial charge on any atom is 0.326 e. The third kappa shape index (κ3) is 11.5. The monoisotopic (exact) mass is 527 g/mol. The molecule has 0 saturated heterocycles. The number of primary amides is 1. The second kappa shape index (κ2) is 15.8. The molecule has 13 nitrogen and oxygen atoms in total. The van der Waals surface area contributed by atoms with Gasteiger partial charge in [0.2, 0.25) is 23.6 Å². The molecule has 4 unspecified atom stereocenters. The van der Waals surface area contributed by atoms with E-state index in [0.717, 1.165) is 0 Å². The van der Waals surface area contributed by atoms with Gasteiger partial charge in [0.25, 0.3) is 0 Å². The molecular weight excluding hydrogens is 490 g/mol. The van der Waals surface area contributed by atoms with Gasteiger partial charge in [0.05, 0.1) is 12.4 Å². The number of hydrogen-bond acceptors (Lipinski definition) is 8. The number of aromatic amines is 1. The first kappa shape index (κ1) is 30.9. The van der Waals surface area contributed by atoms with Crippen molar-refractivity contribution in [2.75, 3.05) is 12.0 Å². The molecule has 0 aromatic carbocycles. The van der Waals surface area contributed by atoms with Crippen molar-refractivity contribution in [2.45, 2.75) is 70.1 Å². The number of nitrogens with two attached hydrogens (primary N) is 2. The van der Waals surface area contributed by atoms with Gasteiger partial charge in [-0.05, 0) is 37.2 Å². The van der Waals surface area contributed by atoms with Gasteiger partial charge in [0, 0.05) is 24.7 Å². The minimum Gasteiger partial charge on any atom is -0.480 e. The van der Waals surface area contributed by atoms with Gasteiger partial charge in [-0.2, -0.15) is 11.8 Å². The number of imidazole rings is 1. The summed E-state index contributed by atoms with van der Waals surface area (Å²) in [5.74, 6) is -3.31. The van der Waals surface area contributed by atoms with Crippen LogP contribution in [0.2, 0.25) is 0 Å². The lowest BCUT2D eigenvalue weighted by atomic mass is 10.0. The fourth-order valence-corrected chi connectivity index (χ4v) is 3.76. The van der Waals surface area contributed by atoms with E-state index in [2.05, 4.69) is 25.9 Å². The highest BCUT2D eigenvalue weighted by Gasteiger charge is 2.31. The molecule has 0 saturated carbocycles. The van der Waals surface area contributed by atoms with Crippen LogP contribution in [-0.4, -0.2) is 80.8 Å². The normalized spacial score (nSPS) is 14.4. The maximum atomic E-state index is 13.2. The van der Waals surface area contributed by atoms with Crippen molar-refractivity contribution in [1.29, 1.82) is 0 Å². The minimum absolute atomic E-state index is 0.0191. The van der Waals surface area contributed by atoms with Crippen molar-refractivity contribution in [1.82, 2.24) is 25.9 Å². The molecule has 0 spiro atoms. The number of carboxylic acid groups (broad SMARTS) is 1. The second-order valence-corrected chi connectivity index (χ2v) is 9.81. The predicted molar refractivity (Wildman–Crippen MR) is 135 cm³/mol. The highest BCUT2D eigenvalue weighted by Crippen LogP contribution is 2.08. The van der Waals surface area contributed by atoms with Gasteiger partial charge in [0.1, 0.15) is 18.1 Å². The minimum atomic E-state index is -1.26. The number of carbonyl (C=O) groups is 5. The largest absolute Gasteiger partial charge is 0.480 e. The molecule has 202 valence electrons. The van der Waals surface area contributed by atoms with E-state index >= 15 is 0 Å². The first-order chi connectivity index (χ1) is 16.9. The number of carboxylic acids is 1. The quantitative estimate of drug-likeness (QED) is 0.130. The molecule has 9 N–H and O–H groups in total. The molecule has 1 aromatic rings. The fraction of sp³-hybridized carbons (Fsp3) is 0.636. The van der Waals surface area contributed by atoms with Gasteiger partial charge in [-0.15, -0.1) is 0 Å². The Bertz CT molecular complexity index is 880. The molecule has 14 heteroatoms. The van der Waals surface area contributed by atoms with E-state index < -0.39 is 53.8 Å². The maximum absolute atomic E-state index is 13.2. The van der Waals surface area contributed by atoms with Crippen LogP contribution in [0.3, 0.4) is 0 Å². The molecular formula is C22H37N7O6S. The van der Waals surface area contributed by atoms with Crippen LogP contribution >= 0.6 is 11.8 Å². The Morgan fingerprint density at radius 2 is 1.64 bits per heavy atom. The SMILES string of the molecule is CSCCC(N)C(=O)NC(Cc1cnc[nH]1)C(=O)NC(CCC(N)=O)C(=O)NC(CC(C)C)C(=O)O. The van der Waals surface area contributed by atoms with Gasteiger partial charge >= 0.3 is 5.97 Å². The lowest BCUT2D eigenvalue weighted by Gasteiger charge is -2.25. The molecule has 4 amide bonds. The third-order valence-electron chi connectivity index (χ3n) is 5.22. The van der Waals surface area contributed by atoms with Gasteiger partial charge in [0.15, 0.2) is 0 Å². The van der Waals surface area contributed by atoms with E-state index in [1.807, 2.05) is 6.26 Å². The molecule has 0 radical (unpaired) electrons. The van der Waals surface area contributed by atoms with E-state index in [9.17, 15) is 29.1 Å². The molecule has 0 aliphatic heterocycles. The number of H-pyrrole nitrogens is 1. The van der Waals surface area contributed by atoms with Crippen LogP contribution in [0.1, 0.15) is 45.2 Å². The molecule has 1 aromatic heterocycles. The smallest absolute Gasteiger partial charge is 0.326 e. The van der Waals surface area contributed by atoms with Crippen LogP contribution in [-0.2, 0) is 30.4 Å². The number of aliphatic carboxylic acids is 1. The van der Waals surface area contributed by atoms with Crippen LogP contribution in [0.4, 0.5) is 0 Å². The summed E-state index contributed by atoms with van der Waals surface area (Å²) in [5.41, 5.74) is 11.7. The van der Waals surface area contributed by atoms with Gasteiger partial charge in [-0.1, -0.05) is 13.8 Å². The Morgan fingerprint density at radius 3 is 2.17 bits per heavy atom. The van der Waals surface area contributed by atoms with Crippen molar-refractivity contribution in [3.63, 3.8) is 0 Å². The van der Waals surface area contributed by atoms with Crippen LogP contribution < -0.4 is 27.4 Å². The topological polar surface area (TPSA) is 222 Å². The van der Waals surface area contributed by atoms with Gasteiger partial charge < -0.3 is 37.5 Å². The summed E-state index contributed by atoms with van der Waals surface area (Å²) in [6, 6.07) is -4.39. The first-order valence-electron chi connectivity index (χ1n) is 11.6. The summed E-state index contributed by atoms with van der Waals surface area (Å²) in [4.78, 5) is 68.4. The number of thioether (sulfide) groups is 1. The average molecular weight is 528 g/mol. The van der Waals surface area contributed by atoms with E-state index in [4.69, 9.17) is 11.5 Å². The third-order valence-corrected chi connectivity index (χ3v) is 5.86. The number of nitrogens with zero attached hydrogens (tertiary/aromatic N) is 1. The van der Waals surface area contributed by atoms with Crippen LogP contribution in [0, 0.1) is 5.92 Å². The summed E-state index contributed by atoms with van der Waals surface area (Å²) in [5, 5.41) is 17.0. The number of aromatic nitrogens is 2. The molecule has 1 heterocycles. The van der Waals surface area contributed by atoms with Crippen molar-refractivity contribution in [3.05, 3.63) is 18.2 Å². The molecule has 0 aliphatic carbocycles. The Labute approximate surface area is 214 Å². The fourth-order valence-electron chi connectivity index (χ4n) is 3.27. The van der Waals surface area contributed by atoms with E-state index in [1.165, 1.54) is 24.3 Å². The Balaban J connectivity index is 3.06. The van der Waals surface area contributed by atoms with Crippen LogP contribution in [0.15, 0.2) is 12.5 Å². The molecule has 36 heavy (non-hydrogen) atoms. The lowest BCUT2D eigenvalue weighted by molar-refractivity contribution is -0.143. The highest BCUT2D eigenvalue weighted by molar-refractivity contribution is 7.98. The summed E-state index contributed by atoms with van der Waals surface area (Å²) in [6.45, 7) is 3.61. The van der Waals surface area contributed by atoms with Crippen LogP contribution in [0.25, 0.3) is 0 Å². The lowest BCUT2D eigenvalue weighted by Crippen LogP contribution is -2.57. The summed E-state index contributed by atoms with van der Waals surface area (Å²) in [7, 11) is 0. The summed E-state index contributed by atoms with van der Waals surface area (Å²) in [6.07, 6.45) is 5.01. The van der Waals surface area contributed by atoms with Crippen molar-refractivity contribution in [3.8, 4) is 0 Å². The highest BCUT2D eigenvalue weighted by atomic mass is 32.2. The molecule has 0 aliphatic rings. The molecule has 0 fully saturated rings. The second-order valence-electron chi connectivity index (χ2n) is 8.83. The van der Waals surface area contributed by atoms with Crippen LogP contribution in [0.5, 0.6) is 0 Å². The van der Waals surface area contributed by atoms with Gasteiger partial charge in [-0.3, -0.25) is 19.2 Å². The Morgan fingerprint density at radius 1 is 1.03 bits per heavy atom. The van der Waals surface area contributed by atoms with Gasteiger partial charge in [-0.25, -0.2) is 9.78 Å². The van der Waals surface area contributed by atoms with Crippen molar-refractivity contribution >= 4 is 41.4 Å². The van der Waals surface area contributed by atoms with E-state index in [1.54, 1.807) is 13.8 Å². The molecule has 4 atom stereocenters. The zero-order valence-electron chi connectivity index (χ0n) is 20.8. The van der Waals surface area contributed by atoms with E-state index in [0.29, 0.717) is 17.9 Å². The standard InChI is InChI=1S/C22H37N7O6S/c1-12(2)8-17(22(34)35)29-20(32)15(4-5-18(24)30)27-21(33)16(9-13-10-25-11-26-13)28-19(31)14(23)6-7-36-3/h10-12,14-17H,4-9,23H2,1-3H3,(H2,24,30)(H,25,26)(H,27,33)(H,28,31)(H,29,32)(H,34,35). The predicted octanol–water partition coefficient (Wildman–Crippen LogP) is -1.12. The Hall–Kier alpha value is -3.13. The number of carbonyl (C=O) groups excluding carboxylic acids is 4. The molecule has 1 rings (SSSR count). The summed E-state index contributed by atoms with van der Waals surface area (Å²) < 4.78 is 0. The zero-order chi connectivity index (χ0) is 27.3. The number of nitrogens with one attached hydrogen (secondary N) is 4.